The molecule has 6 heteroatoms. The summed E-state index contributed by atoms with van der Waals surface area (Å²) in [6.45, 7) is 4.42. The predicted octanol–water partition coefficient (Wildman–Crippen LogP) is 2.58. The Balaban J connectivity index is 1.79. The number of hydrogen-bond acceptors (Lipinski definition) is 6. The molecule has 3 aliphatic carbocycles. The number of hydrogen-bond donors (Lipinski definition) is 1. The zero-order valence-corrected chi connectivity index (χ0v) is 16.1. The molecular formula is C22H22O6. The van der Waals surface area contributed by atoms with Crippen LogP contribution < -0.4 is 0 Å². The van der Waals surface area contributed by atoms with Crippen molar-refractivity contribution < 1.29 is 29.0 Å². The van der Waals surface area contributed by atoms with Gasteiger partial charge in [0.2, 0.25) is 17.4 Å². The van der Waals surface area contributed by atoms with Crippen LogP contribution in [0.4, 0.5) is 0 Å². The molecule has 2 fully saturated rings. The van der Waals surface area contributed by atoms with E-state index in [0.717, 1.165) is 24.8 Å². The SMILES string of the molecule is COC1=CC(=O)c2cc3c(cc2C1=O)C(=O)[C@@]1(O)OC[C@]2(C)CCC[C@]3(C)[C@H]21. The number of methoxy groups -OCH3 is 1. The number of ether oxygens (including phenoxy) is 2. The minimum atomic E-state index is -1.90. The third kappa shape index (κ3) is 1.87. The highest BCUT2D eigenvalue weighted by atomic mass is 16.6. The molecule has 0 amide bonds. The zero-order valence-electron chi connectivity index (χ0n) is 16.1. The number of carbonyl (C=O) groups excluding carboxylic acids is 3. The van der Waals surface area contributed by atoms with Crippen molar-refractivity contribution in [3.05, 3.63) is 46.2 Å². The molecule has 0 radical (unpaired) electrons. The summed E-state index contributed by atoms with van der Waals surface area (Å²) in [6.07, 6.45) is 3.79. The first-order chi connectivity index (χ1) is 13.2. The van der Waals surface area contributed by atoms with Crippen molar-refractivity contribution in [3.63, 3.8) is 0 Å². The molecule has 5 rings (SSSR count). The van der Waals surface area contributed by atoms with Crippen LogP contribution in [0.15, 0.2) is 24.0 Å². The molecule has 1 saturated heterocycles. The number of rotatable bonds is 1. The summed E-state index contributed by atoms with van der Waals surface area (Å²) in [5.41, 5.74) is 0.593. The van der Waals surface area contributed by atoms with Crippen molar-refractivity contribution in [2.75, 3.05) is 13.7 Å². The van der Waals surface area contributed by atoms with E-state index in [1.54, 1.807) is 6.07 Å². The van der Waals surface area contributed by atoms with Crippen molar-refractivity contribution >= 4 is 17.3 Å². The van der Waals surface area contributed by atoms with E-state index >= 15 is 0 Å². The molecule has 1 heterocycles. The Hall–Kier alpha value is -2.31. The van der Waals surface area contributed by atoms with Crippen LogP contribution in [0.25, 0.3) is 0 Å². The summed E-state index contributed by atoms with van der Waals surface area (Å²) in [5.74, 6) is -3.61. The lowest BCUT2D eigenvalue weighted by molar-refractivity contribution is -0.176. The minimum absolute atomic E-state index is 0.0501. The molecule has 6 nitrogen and oxygen atoms in total. The summed E-state index contributed by atoms with van der Waals surface area (Å²) >= 11 is 0. The van der Waals surface area contributed by atoms with Crippen molar-refractivity contribution in [2.45, 2.75) is 44.3 Å². The van der Waals surface area contributed by atoms with Gasteiger partial charge in [0, 0.05) is 39.5 Å². The van der Waals surface area contributed by atoms with Crippen LogP contribution in [0, 0.1) is 11.3 Å². The smallest absolute Gasteiger partial charge is 0.235 e. The van der Waals surface area contributed by atoms with Crippen LogP contribution >= 0.6 is 0 Å². The molecule has 1 aromatic rings. The maximum Gasteiger partial charge on any atom is 0.235 e. The summed E-state index contributed by atoms with van der Waals surface area (Å²) < 4.78 is 10.8. The molecule has 28 heavy (non-hydrogen) atoms. The van der Waals surface area contributed by atoms with Gasteiger partial charge in [0.1, 0.15) is 0 Å². The second-order valence-electron chi connectivity index (χ2n) is 9.02. The molecule has 4 aliphatic rings. The van der Waals surface area contributed by atoms with Gasteiger partial charge in [-0.05, 0) is 30.5 Å². The minimum Gasteiger partial charge on any atom is -0.492 e. The number of benzene rings is 1. The maximum atomic E-state index is 13.3. The molecule has 0 bridgehead atoms. The van der Waals surface area contributed by atoms with E-state index in [1.165, 1.54) is 19.3 Å². The topological polar surface area (TPSA) is 89.9 Å². The van der Waals surface area contributed by atoms with Gasteiger partial charge in [0.25, 0.3) is 0 Å². The average Bonchev–Trinajstić information content (AvgIpc) is 2.96. The molecule has 1 saturated carbocycles. The molecule has 0 unspecified atom stereocenters. The highest BCUT2D eigenvalue weighted by Gasteiger charge is 2.70. The number of allylic oxidation sites excluding steroid dienone is 2. The van der Waals surface area contributed by atoms with E-state index in [4.69, 9.17) is 9.47 Å². The van der Waals surface area contributed by atoms with Gasteiger partial charge >= 0.3 is 0 Å². The van der Waals surface area contributed by atoms with Gasteiger partial charge < -0.3 is 14.6 Å². The number of aliphatic hydroxyl groups is 1. The standard InChI is InChI=1S/C22H22O6/c1-20-5-4-6-21(2)14-8-11-12(17(24)16(27-3)9-15(11)23)7-13(14)18(25)22(26,19(20)21)28-10-20/h7-9,19,26H,4-6,10H2,1-3H3/t19-,20-,21-,22+/m0/s1. The lowest BCUT2D eigenvalue weighted by Crippen LogP contribution is -2.61. The quantitative estimate of drug-likeness (QED) is 0.803. The molecule has 0 aromatic heterocycles. The van der Waals surface area contributed by atoms with E-state index in [9.17, 15) is 19.5 Å². The van der Waals surface area contributed by atoms with Crippen molar-refractivity contribution in [2.24, 2.45) is 11.3 Å². The fourth-order valence-corrected chi connectivity index (χ4v) is 6.21. The second-order valence-corrected chi connectivity index (χ2v) is 9.02. The van der Waals surface area contributed by atoms with Gasteiger partial charge in [-0.25, -0.2) is 0 Å². The summed E-state index contributed by atoms with van der Waals surface area (Å²) in [5, 5.41) is 11.3. The Morgan fingerprint density at radius 2 is 1.86 bits per heavy atom. The highest BCUT2D eigenvalue weighted by molar-refractivity contribution is 6.24. The van der Waals surface area contributed by atoms with Crippen molar-refractivity contribution in [1.29, 1.82) is 0 Å². The average molecular weight is 382 g/mol. The first kappa shape index (κ1) is 17.8. The van der Waals surface area contributed by atoms with Crippen LogP contribution in [-0.2, 0) is 14.9 Å². The Kier molecular flexibility index (Phi) is 3.29. The Bertz CT molecular complexity index is 1010. The molecule has 146 valence electrons. The fourth-order valence-electron chi connectivity index (χ4n) is 6.21. The van der Waals surface area contributed by atoms with Gasteiger partial charge in [0.05, 0.1) is 13.7 Å². The van der Waals surface area contributed by atoms with E-state index < -0.39 is 28.7 Å². The first-order valence-corrected chi connectivity index (χ1v) is 9.60. The van der Waals surface area contributed by atoms with Gasteiger partial charge in [-0.1, -0.05) is 20.3 Å². The second kappa shape index (κ2) is 5.19. The van der Waals surface area contributed by atoms with Gasteiger partial charge in [-0.3, -0.25) is 14.4 Å². The Labute approximate surface area is 162 Å². The third-order valence-electron chi connectivity index (χ3n) is 7.35. The summed E-state index contributed by atoms with van der Waals surface area (Å²) in [6, 6.07) is 3.14. The van der Waals surface area contributed by atoms with Gasteiger partial charge in [-0.15, -0.1) is 0 Å². The van der Waals surface area contributed by atoms with Crippen LogP contribution in [0.2, 0.25) is 0 Å². The van der Waals surface area contributed by atoms with E-state index in [1.807, 2.05) is 6.92 Å². The fraction of sp³-hybridized carbons (Fsp3) is 0.500. The molecule has 1 aromatic carbocycles. The van der Waals surface area contributed by atoms with Crippen molar-refractivity contribution in [1.82, 2.24) is 0 Å². The Morgan fingerprint density at radius 3 is 2.57 bits per heavy atom. The Morgan fingerprint density at radius 1 is 1.11 bits per heavy atom. The molecular weight excluding hydrogens is 360 g/mol. The molecule has 1 aliphatic heterocycles. The van der Waals surface area contributed by atoms with Gasteiger partial charge in [0.15, 0.2) is 11.5 Å². The first-order valence-electron chi connectivity index (χ1n) is 9.60. The molecule has 1 N–H and O–H groups in total. The number of ketones is 3. The van der Waals surface area contributed by atoms with Crippen molar-refractivity contribution in [3.8, 4) is 0 Å². The van der Waals surface area contributed by atoms with E-state index in [2.05, 4.69) is 6.92 Å². The van der Waals surface area contributed by atoms with Crippen LogP contribution in [0.3, 0.4) is 0 Å². The molecule has 0 spiro atoms. The third-order valence-corrected chi connectivity index (χ3v) is 7.35. The number of fused-ring (bicyclic) bond motifs is 3. The predicted molar refractivity (Wildman–Crippen MR) is 98.2 cm³/mol. The summed E-state index contributed by atoms with van der Waals surface area (Å²) in [4.78, 5) is 38.7. The van der Waals surface area contributed by atoms with E-state index in [-0.39, 0.29) is 33.6 Å². The van der Waals surface area contributed by atoms with E-state index in [0.29, 0.717) is 6.61 Å². The maximum absolute atomic E-state index is 13.3. The van der Waals surface area contributed by atoms with Gasteiger partial charge in [-0.2, -0.15) is 0 Å². The zero-order chi connectivity index (χ0) is 20.1. The largest absolute Gasteiger partial charge is 0.492 e. The lowest BCUT2D eigenvalue weighted by atomic mass is 9.49. The monoisotopic (exact) mass is 382 g/mol. The van der Waals surface area contributed by atoms with Crippen LogP contribution in [-0.4, -0.2) is 42.0 Å². The number of carbonyl (C=O) groups is 3. The summed E-state index contributed by atoms with van der Waals surface area (Å²) in [7, 11) is 1.33. The molecule has 4 atom stereocenters. The van der Waals surface area contributed by atoms with Crippen LogP contribution in [0.1, 0.15) is 69.7 Å². The normalized spacial score (nSPS) is 38.5. The highest BCUT2D eigenvalue weighted by Crippen LogP contribution is 2.64. The number of Topliss-reactive ketones (excluding diaryl/α,β-unsaturated/α-hetero) is 2. The lowest BCUT2D eigenvalue weighted by Gasteiger charge is -2.54. The van der Waals surface area contributed by atoms with Crippen LogP contribution in [0.5, 0.6) is 0 Å².